The van der Waals surface area contributed by atoms with Crippen molar-refractivity contribution in [2.45, 2.75) is 39.2 Å². The summed E-state index contributed by atoms with van der Waals surface area (Å²) in [6, 6.07) is 1.70. The summed E-state index contributed by atoms with van der Waals surface area (Å²) in [5.41, 5.74) is 7.61. The van der Waals surface area contributed by atoms with Gasteiger partial charge in [-0.1, -0.05) is 0 Å². The molecule has 0 unspecified atom stereocenters. The Kier molecular flexibility index (Phi) is 4.63. The van der Waals surface area contributed by atoms with Gasteiger partial charge in [0.1, 0.15) is 5.82 Å². The lowest BCUT2D eigenvalue weighted by atomic mass is 9.73. The van der Waals surface area contributed by atoms with Crippen LogP contribution in [-0.4, -0.2) is 50.4 Å². The molecule has 1 atom stereocenters. The second-order valence-corrected chi connectivity index (χ2v) is 7.71. The first-order chi connectivity index (χ1) is 13.0. The zero-order chi connectivity index (χ0) is 18.9. The molecule has 2 aromatic rings. The van der Waals surface area contributed by atoms with Crippen LogP contribution in [0, 0.1) is 12.3 Å². The SMILES string of the molecule is Cc1cnc(CN2C[C@]3(CCCN(c4nccc(N)n4)C3)CCC2=O)cn1. The Morgan fingerprint density at radius 1 is 1.19 bits per heavy atom. The van der Waals surface area contributed by atoms with Crippen LogP contribution < -0.4 is 10.6 Å². The summed E-state index contributed by atoms with van der Waals surface area (Å²) in [6.07, 6.45) is 8.85. The lowest BCUT2D eigenvalue weighted by molar-refractivity contribution is -0.138. The fourth-order valence-electron chi connectivity index (χ4n) is 4.17. The number of hydrogen-bond acceptors (Lipinski definition) is 7. The first kappa shape index (κ1) is 17.6. The Morgan fingerprint density at radius 2 is 2.07 bits per heavy atom. The van der Waals surface area contributed by atoms with Crippen LogP contribution in [0.2, 0.25) is 0 Å². The van der Waals surface area contributed by atoms with Crippen molar-refractivity contribution in [2.24, 2.45) is 5.41 Å². The summed E-state index contributed by atoms with van der Waals surface area (Å²) in [6.45, 7) is 4.93. The number of amides is 1. The van der Waals surface area contributed by atoms with Crippen LogP contribution in [0.4, 0.5) is 11.8 Å². The molecule has 0 aliphatic carbocycles. The van der Waals surface area contributed by atoms with Crippen molar-refractivity contribution in [1.82, 2.24) is 24.8 Å². The van der Waals surface area contributed by atoms with Gasteiger partial charge in [-0.05, 0) is 32.3 Å². The summed E-state index contributed by atoms with van der Waals surface area (Å²) in [7, 11) is 0. The molecule has 8 heteroatoms. The van der Waals surface area contributed by atoms with Crippen LogP contribution in [0.25, 0.3) is 0 Å². The van der Waals surface area contributed by atoms with Gasteiger partial charge in [-0.3, -0.25) is 14.8 Å². The summed E-state index contributed by atoms with van der Waals surface area (Å²) in [4.78, 5) is 34.1. The first-order valence-corrected chi connectivity index (χ1v) is 9.42. The van der Waals surface area contributed by atoms with E-state index >= 15 is 0 Å². The Labute approximate surface area is 158 Å². The lowest BCUT2D eigenvalue weighted by Gasteiger charge is -2.48. The van der Waals surface area contributed by atoms with Gasteiger partial charge in [0.05, 0.1) is 24.1 Å². The molecule has 0 saturated carbocycles. The first-order valence-electron chi connectivity index (χ1n) is 9.42. The molecular formula is C19H25N7O. The van der Waals surface area contributed by atoms with Gasteiger partial charge in [0.15, 0.2) is 0 Å². The maximum absolute atomic E-state index is 12.5. The number of nitrogens with zero attached hydrogens (tertiary/aromatic N) is 6. The smallest absolute Gasteiger partial charge is 0.227 e. The third-order valence-electron chi connectivity index (χ3n) is 5.54. The van der Waals surface area contributed by atoms with E-state index in [0.717, 1.165) is 50.3 Å². The summed E-state index contributed by atoms with van der Waals surface area (Å²) in [5.74, 6) is 1.36. The zero-order valence-electron chi connectivity index (χ0n) is 15.6. The minimum Gasteiger partial charge on any atom is -0.384 e. The second-order valence-electron chi connectivity index (χ2n) is 7.71. The fourth-order valence-corrected chi connectivity index (χ4v) is 4.17. The van der Waals surface area contributed by atoms with Crippen molar-refractivity contribution in [1.29, 1.82) is 0 Å². The molecule has 2 saturated heterocycles. The van der Waals surface area contributed by atoms with Crippen molar-refractivity contribution < 1.29 is 4.79 Å². The second kappa shape index (κ2) is 7.09. The van der Waals surface area contributed by atoms with Gasteiger partial charge >= 0.3 is 0 Å². The van der Waals surface area contributed by atoms with Crippen LogP contribution >= 0.6 is 0 Å². The molecule has 2 aliphatic rings. The molecule has 0 aromatic carbocycles. The molecule has 4 rings (SSSR count). The van der Waals surface area contributed by atoms with Crippen LogP contribution in [0.3, 0.4) is 0 Å². The maximum Gasteiger partial charge on any atom is 0.227 e. The number of rotatable bonds is 3. The number of nitrogen functional groups attached to an aromatic ring is 1. The normalized spacial score (nSPS) is 23.1. The van der Waals surface area contributed by atoms with Gasteiger partial charge in [0.25, 0.3) is 0 Å². The van der Waals surface area contributed by atoms with Crippen molar-refractivity contribution in [3.8, 4) is 0 Å². The Balaban J connectivity index is 1.50. The summed E-state index contributed by atoms with van der Waals surface area (Å²) >= 11 is 0. The number of anilines is 2. The standard InChI is InChI=1S/C19H25N7O/c1-14-9-23-15(10-22-14)11-26-13-19(6-3-17(26)27)5-2-8-25(12-19)18-21-7-4-16(20)24-18/h4,7,9-10H,2-3,5-6,8,11-13H2,1H3,(H2,20,21,24)/t19-/m1/s1. The van der Waals surface area contributed by atoms with E-state index in [2.05, 4.69) is 24.8 Å². The number of carbonyl (C=O) groups is 1. The third kappa shape index (κ3) is 3.84. The average molecular weight is 367 g/mol. The highest BCUT2D eigenvalue weighted by Gasteiger charge is 2.42. The van der Waals surface area contributed by atoms with Crippen molar-refractivity contribution in [2.75, 3.05) is 30.3 Å². The van der Waals surface area contributed by atoms with Gasteiger partial charge < -0.3 is 15.5 Å². The van der Waals surface area contributed by atoms with Gasteiger partial charge in [0, 0.05) is 43.9 Å². The Hall–Kier alpha value is -2.77. The van der Waals surface area contributed by atoms with Gasteiger partial charge in [0.2, 0.25) is 11.9 Å². The van der Waals surface area contributed by atoms with Crippen LogP contribution in [-0.2, 0) is 11.3 Å². The highest BCUT2D eigenvalue weighted by molar-refractivity contribution is 5.77. The van der Waals surface area contributed by atoms with E-state index in [4.69, 9.17) is 5.73 Å². The average Bonchev–Trinajstić information content (AvgIpc) is 2.67. The molecule has 0 bridgehead atoms. The number of likely N-dealkylation sites (tertiary alicyclic amines) is 1. The molecule has 1 spiro atoms. The number of aromatic nitrogens is 4. The van der Waals surface area contributed by atoms with Gasteiger partial charge in [-0.2, -0.15) is 4.98 Å². The van der Waals surface area contributed by atoms with Crippen molar-refractivity contribution in [3.63, 3.8) is 0 Å². The summed E-state index contributed by atoms with van der Waals surface area (Å²) in [5, 5.41) is 0. The predicted octanol–water partition coefficient (Wildman–Crippen LogP) is 1.57. The van der Waals surface area contributed by atoms with Crippen LogP contribution in [0.15, 0.2) is 24.7 Å². The molecule has 2 fully saturated rings. The Bertz CT molecular complexity index is 825. The summed E-state index contributed by atoms with van der Waals surface area (Å²) < 4.78 is 0. The predicted molar refractivity (Wildman–Crippen MR) is 102 cm³/mol. The monoisotopic (exact) mass is 367 g/mol. The van der Waals surface area contributed by atoms with E-state index < -0.39 is 0 Å². The lowest BCUT2D eigenvalue weighted by Crippen LogP contribution is -2.54. The van der Waals surface area contributed by atoms with E-state index in [1.165, 1.54) is 0 Å². The van der Waals surface area contributed by atoms with Crippen LogP contribution in [0.5, 0.6) is 0 Å². The van der Waals surface area contributed by atoms with E-state index in [9.17, 15) is 4.79 Å². The highest BCUT2D eigenvalue weighted by Crippen LogP contribution is 2.40. The highest BCUT2D eigenvalue weighted by atomic mass is 16.2. The minimum absolute atomic E-state index is 0.0677. The number of hydrogen-bond donors (Lipinski definition) is 1. The van der Waals surface area contributed by atoms with Crippen LogP contribution in [0.1, 0.15) is 37.1 Å². The van der Waals surface area contributed by atoms with Crippen molar-refractivity contribution >= 4 is 17.7 Å². The molecule has 8 nitrogen and oxygen atoms in total. The molecule has 27 heavy (non-hydrogen) atoms. The number of aryl methyl sites for hydroxylation is 1. The third-order valence-corrected chi connectivity index (χ3v) is 5.54. The molecule has 1 amide bonds. The molecule has 2 N–H and O–H groups in total. The molecule has 2 aliphatic heterocycles. The van der Waals surface area contributed by atoms with E-state index in [-0.39, 0.29) is 11.3 Å². The topological polar surface area (TPSA) is 101 Å². The maximum atomic E-state index is 12.5. The zero-order valence-corrected chi connectivity index (χ0v) is 15.6. The number of carbonyl (C=O) groups excluding carboxylic acids is 1. The largest absolute Gasteiger partial charge is 0.384 e. The molecule has 2 aromatic heterocycles. The van der Waals surface area contributed by atoms with Gasteiger partial charge in [-0.15, -0.1) is 0 Å². The van der Waals surface area contributed by atoms with E-state index in [1.807, 2.05) is 11.8 Å². The Morgan fingerprint density at radius 3 is 2.85 bits per heavy atom. The van der Waals surface area contributed by atoms with E-state index in [1.54, 1.807) is 24.7 Å². The quantitative estimate of drug-likeness (QED) is 0.878. The minimum atomic E-state index is 0.0677. The van der Waals surface area contributed by atoms with E-state index in [0.29, 0.717) is 24.7 Å². The molecule has 0 radical (unpaired) electrons. The molecule has 4 heterocycles. The number of piperidine rings is 2. The number of nitrogens with two attached hydrogens (primary N) is 1. The molecule has 142 valence electrons. The molecular weight excluding hydrogens is 342 g/mol. The van der Waals surface area contributed by atoms with Crippen molar-refractivity contribution in [3.05, 3.63) is 36.0 Å². The van der Waals surface area contributed by atoms with Gasteiger partial charge in [-0.25, -0.2) is 4.98 Å². The fraction of sp³-hybridized carbons (Fsp3) is 0.526.